The van der Waals surface area contributed by atoms with Gasteiger partial charge in [0.05, 0.1) is 24.9 Å². The van der Waals surface area contributed by atoms with E-state index in [0.29, 0.717) is 36.3 Å². The van der Waals surface area contributed by atoms with Crippen molar-refractivity contribution < 1.29 is 42.8 Å². The third-order valence-electron chi connectivity index (χ3n) is 12.2. The van der Waals surface area contributed by atoms with Gasteiger partial charge in [0.1, 0.15) is 30.3 Å². The molecule has 0 unspecified atom stereocenters. The van der Waals surface area contributed by atoms with Crippen LogP contribution in [0.25, 0.3) is 0 Å². The van der Waals surface area contributed by atoms with E-state index in [1.807, 2.05) is 26.0 Å². The highest BCUT2D eigenvalue weighted by atomic mass is 28.4. The first-order valence-electron chi connectivity index (χ1n) is 19.4. The normalized spacial score (nSPS) is 39.9. The Morgan fingerprint density at radius 3 is 2.54 bits per heavy atom. The van der Waals surface area contributed by atoms with Crippen molar-refractivity contribution in [2.75, 3.05) is 13.2 Å². The van der Waals surface area contributed by atoms with E-state index in [-0.39, 0.29) is 36.4 Å². The van der Waals surface area contributed by atoms with Gasteiger partial charge in [-0.1, -0.05) is 76.1 Å². The van der Waals surface area contributed by atoms with Crippen LogP contribution in [0.1, 0.15) is 101 Å². The average Bonchev–Trinajstić information content (AvgIpc) is 3.36. The summed E-state index contributed by atoms with van der Waals surface area (Å²) < 4.78 is 39.1. The number of rotatable bonds is 5. The maximum absolute atomic E-state index is 14.7. The number of ether oxygens (including phenoxy) is 5. The lowest BCUT2D eigenvalue weighted by atomic mass is 9.70. The molecular weight excluding hydrogens is 677 g/mol. The molecule has 0 aromatic heterocycles. The largest absolute Gasteiger partial charge is 0.462 e. The van der Waals surface area contributed by atoms with E-state index < -0.39 is 55.9 Å². The fraction of sp³-hybridized carbons (Fsp3) is 0.714. The molecule has 4 heterocycles. The van der Waals surface area contributed by atoms with Crippen LogP contribution in [0.3, 0.4) is 0 Å². The van der Waals surface area contributed by atoms with E-state index in [1.165, 1.54) is 11.6 Å². The summed E-state index contributed by atoms with van der Waals surface area (Å²) in [5.41, 5.74) is 1.49. The number of carbonyl (C=O) groups excluding carboxylic acids is 2. The number of carbonyl (C=O) groups is 2. The quantitative estimate of drug-likeness (QED) is 0.130. The molecule has 10 atom stereocenters. The van der Waals surface area contributed by atoms with Crippen molar-refractivity contribution >= 4 is 20.3 Å². The van der Waals surface area contributed by atoms with Gasteiger partial charge in [-0.05, 0) is 88.1 Å². The fourth-order valence-corrected chi connectivity index (χ4v) is 9.20. The van der Waals surface area contributed by atoms with Crippen molar-refractivity contribution in [1.82, 2.24) is 0 Å². The third kappa shape index (κ3) is 8.95. The Kier molecular flexibility index (Phi) is 12.4. The topological polar surface area (TPSA) is 110 Å². The minimum atomic E-state index is -2.47. The predicted molar refractivity (Wildman–Crippen MR) is 204 cm³/mol. The van der Waals surface area contributed by atoms with Gasteiger partial charge in [-0.25, -0.2) is 4.79 Å². The molecule has 3 saturated heterocycles. The second kappa shape index (κ2) is 15.8. The SMILES string of the molecule is CC(C)=CC(=O)OCC1=C[C@H]2C(=O)O[C@H]3C[C@@H](C/C=C(\C)C[C@@H](C)/C=C/C=C4\CO[C@H]([C@@H]1O[Si](C)(C)C(C)(C)C)[C@@]42O)O[C@@]1(CC[C@H](C)[C@@H](C)O1)C3. The van der Waals surface area contributed by atoms with E-state index in [1.54, 1.807) is 6.08 Å². The highest BCUT2D eigenvalue weighted by molar-refractivity contribution is 6.74. The minimum absolute atomic E-state index is 0.00662. The number of esters is 2. The monoisotopic (exact) mass is 740 g/mol. The van der Waals surface area contributed by atoms with Crippen LogP contribution in [0, 0.1) is 17.8 Å². The summed E-state index contributed by atoms with van der Waals surface area (Å²) in [6.45, 7) is 23.0. The van der Waals surface area contributed by atoms with Crippen molar-refractivity contribution in [2.24, 2.45) is 17.8 Å². The molecular formula is C42H64O9Si. The number of allylic oxidation sites excluding steroid dienone is 5. The predicted octanol–water partition coefficient (Wildman–Crippen LogP) is 8.05. The van der Waals surface area contributed by atoms with Crippen LogP contribution in [0.2, 0.25) is 18.1 Å². The number of fused-ring (bicyclic) bond motifs is 2. The summed E-state index contributed by atoms with van der Waals surface area (Å²) in [7, 11) is -2.47. The zero-order valence-corrected chi connectivity index (χ0v) is 34.5. The van der Waals surface area contributed by atoms with Gasteiger partial charge in [-0.2, -0.15) is 0 Å². The lowest BCUT2D eigenvalue weighted by Crippen LogP contribution is -2.61. The Bertz CT molecular complexity index is 1500. The zero-order valence-electron chi connectivity index (χ0n) is 33.5. The van der Waals surface area contributed by atoms with E-state index in [2.05, 4.69) is 73.7 Å². The standard InChI is InChI=1S/C42H64O9Si/c1-26(2)19-36(43)46-24-31-21-35-39(44)48-34-22-33(50-41(23-34)18-17-29(5)30(6)49-41)16-15-28(4)20-27(3)13-12-14-32-25-47-38(42(32,35)45)37(31)51-52(10,11)40(7,8)9/h12-15,19,21,27,29-30,33-35,37-38,45H,16-18,20,22-25H2,1-11H3/b13-12+,28-15+,32-14+/t27-,29-,30+,33+,34-,35-,37+,38+,41-,42+/m0/s1. The fourth-order valence-electron chi connectivity index (χ4n) is 7.93. The molecule has 5 aliphatic rings. The van der Waals surface area contributed by atoms with Crippen molar-refractivity contribution in [3.63, 3.8) is 0 Å². The lowest BCUT2D eigenvalue weighted by Gasteiger charge is -2.49. The van der Waals surface area contributed by atoms with Gasteiger partial charge in [0.2, 0.25) is 0 Å². The molecule has 0 aromatic rings. The second-order valence-corrected chi connectivity index (χ2v) is 22.7. The van der Waals surface area contributed by atoms with E-state index in [4.69, 9.17) is 28.1 Å². The van der Waals surface area contributed by atoms with Crippen LogP contribution < -0.4 is 0 Å². The van der Waals surface area contributed by atoms with Gasteiger partial charge in [0.25, 0.3) is 0 Å². The molecule has 1 N–H and O–H groups in total. The first kappa shape index (κ1) is 40.8. The van der Waals surface area contributed by atoms with Gasteiger partial charge in [0.15, 0.2) is 14.1 Å². The maximum atomic E-state index is 14.7. The smallest absolute Gasteiger partial charge is 0.331 e. The van der Waals surface area contributed by atoms with Gasteiger partial charge < -0.3 is 33.2 Å². The van der Waals surface area contributed by atoms with Gasteiger partial charge in [0, 0.05) is 25.3 Å². The third-order valence-corrected chi connectivity index (χ3v) is 16.6. The molecule has 0 saturated carbocycles. The molecule has 2 bridgehead atoms. The van der Waals surface area contributed by atoms with Gasteiger partial charge in [-0.15, -0.1) is 0 Å². The average molecular weight is 741 g/mol. The molecule has 0 amide bonds. The molecule has 4 aliphatic heterocycles. The van der Waals surface area contributed by atoms with Crippen LogP contribution in [0.4, 0.5) is 0 Å². The molecule has 1 aliphatic carbocycles. The molecule has 52 heavy (non-hydrogen) atoms. The van der Waals surface area contributed by atoms with Crippen LogP contribution in [0.15, 0.2) is 58.7 Å². The summed E-state index contributed by atoms with van der Waals surface area (Å²) in [6.07, 6.45) is 13.2. The Labute approximate surface area is 313 Å². The number of aliphatic hydroxyl groups is 1. The summed E-state index contributed by atoms with van der Waals surface area (Å²) in [5.74, 6) is -2.38. The van der Waals surface area contributed by atoms with Crippen molar-refractivity contribution in [2.45, 2.75) is 161 Å². The molecule has 9 nitrogen and oxygen atoms in total. The Hall–Kier alpha value is -2.34. The molecule has 1 spiro atoms. The highest BCUT2D eigenvalue weighted by Gasteiger charge is 2.62. The molecule has 290 valence electrons. The van der Waals surface area contributed by atoms with Gasteiger partial charge >= 0.3 is 11.9 Å². The maximum Gasteiger partial charge on any atom is 0.331 e. The zero-order chi connectivity index (χ0) is 38.2. The molecule has 3 fully saturated rings. The van der Waals surface area contributed by atoms with E-state index in [0.717, 1.165) is 24.8 Å². The second-order valence-electron chi connectivity index (χ2n) is 17.9. The van der Waals surface area contributed by atoms with Crippen molar-refractivity contribution in [3.8, 4) is 0 Å². The first-order valence-corrected chi connectivity index (χ1v) is 22.3. The summed E-state index contributed by atoms with van der Waals surface area (Å²) >= 11 is 0. The highest BCUT2D eigenvalue weighted by Crippen LogP contribution is 2.50. The summed E-state index contributed by atoms with van der Waals surface area (Å²) in [6, 6.07) is 0. The van der Waals surface area contributed by atoms with Crippen LogP contribution in [-0.4, -0.2) is 80.5 Å². The van der Waals surface area contributed by atoms with E-state index >= 15 is 0 Å². The molecule has 10 heteroatoms. The minimum Gasteiger partial charge on any atom is -0.462 e. The van der Waals surface area contributed by atoms with Crippen LogP contribution in [-0.2, 0) is 37.7 Å². The molecule has 0 aromatic carbocycles. The van der Waals surface area contributed by atoms with Crippen LogP contribution in [0.5, 0.6) is 0 Å². The van der Waals surface area contributed by atoms with Gasteiger partial charge in [-0.3, -0.25) is 4.79 Å². The number of hydrogen-bond donors (Lipinski definition) is 1. The molecule has 0 radical (unpaired) electrons. The number of hydrogen-bond acceptors (Lipinski definition) is 9. The van der Waals surface area contributed by atoms with Crippen LogP contribution >= 0.6 is 0 Å². The Morgan fingerprint density at radius 1 is 1.13 bits per heavy atom. The first-order chi connectivity index (χ1) is 24.2. The van der Waals surface area contributed by atoms with Crippen molar-refractivity contribution in [1.29, 1.82) is 0 Å². The summed E-state index contributed by atoms with van der Waals surface area (Å²) in [5, 5.41) is 12.8. The molecule has 5 rings (SSSR count). The lowest BCUT2D eigenvalue weighted by molar-refractivity contribution is -0.332. The Balaban J connectivity index is 1.60. The van der Waals surface area contributed by atoms with Crippen molar-refractivity contribution in [3.05, 3.63) is 58.7 Å². The Morgan fingerprint density at radius 2 is 1.87 bits per heavy atom. The van der Waals surface area contributed by atoms with E-state index in [9.17, 15) is 14.7 Å². The summed E-state index contributed by atoms with van der Waals surface area (Å²) in [4.78, 5) is 27.4.